The standard InChI is InChI=1S/C27H38ClN3O4S/c1-6-17-29-27(33)24(7-2)30(19-22-13-15-23(28)16-14-22)26(32)12-9-18-31(36(5,34)35)25-11-8-10-20(3)21(25)4/h8,10-11,13-16,24H,6-7,9,12,17-19H2,1-5H3,(H,29,33)/t24-/m0/s1. The lowest BCUT2D eigenvalue weighted by Crippen LogP contribution is -2.49. The van der Waals surface area contributed by atoms with Crippen molar-refractivity contribution in [3.63, 3.8) is 0 Å². The Hall–Kier alpha value is -2.58. The number of anilines is 1. The zero-order valence-corrected chi connectivity index (χ0v) is 23.5. The van der Waals surface area contributed by atoms with Crippen LogP contribution < -0.4 is 9.62 Å². The van der Waals surface area contributed by atoms with Gasteiger partial charge in [-0.2, -0.15) is 0 Å². The fourth-order valence-corrected chi connectivity index (χ4v) is 5.20. The number of carbonyl (C=O) groups is 2. The average Bonchev–Trinajstić information content (AvgIpc) is 2.82. The molecule has 0 unspecified atom stereocenters. The summed E-state index contributed by atoms with van der Waals surface area (Å²) in [6, 6.07) is 12.1. The second kappa shape index (κ2) is 13.7. The van der Waals surface area contributed by atoms with E-state index < -0.39 is 16.1 Å². The maximum absolute atomic E-state index is 13.4. The van der Waals surface area contributed by atoms with Gasteiger partial charge in [-0.1, -0.05) is 49.7 Å². The maximum Gasteiger partial charge on any atom is 0.242 e. The molecular weight excluding hydrogens is 498 g/mol. The monoisotopic (exact) mass is 535 g/mol. The third-order valence-electron chi connectivity index (χ3n) is 6.20. The summed E-state index contributed by atoms with van der Waals surface area (Å²) in [5.74, 6) is -0.382. The number of amides is 2. The van der Waals surface area contributed by atoms with E-state index in [1.54, 1.807) is 23.1 Å². The van der Waals surface area contributed by atoms with Crippen LogP contribution in [0.2, 0.25) is 5.02 Å². The van der Waals surface area contributed by atoms with E-state index in [0.29, 0.717) is 30.1 Å². The number of aryl methyl sites for hydroxylation is 1. The second-order valence-corrected chi connectivity index (χ2v) is 11.4. The Kier molecular flexibility index (Phi) is 11.2. The van der Waals surface area contributed by atoms with Gasteiger partial charge in [-0.25, -0.2) is 8.42 Å². The summed E-state index contributed by atoms with van der Waals surface area (Å²) in [7, 11) is -3.54. The first kappa shape index (κ1) is 29.6. The summed E-state index contributed by atoms with van der Waals surface area (Å²) in [5, 5.41) is 3.49. The molecule has 0 saturated heterocycles. The van der Waals surface area contributed by atoms with Crippen LogP contribution in [0.1, 0.15) is 56.2 Å². The Balaban J connectivity index is 2.23. The maximum atomic E-state index is 13.4. The number of nitrogens with one attached hydrogen (secondary N) is 1. The van der Waals surface area contributed by atoms with Crippen molar-refractivity contribution in [1.29, 1.82) is 0 Å². The van der Waals surface area contributed by atoms with Crippen molar-refractivity contribution < 1.29 is 18.0 Å². The van der Waals surface area contributed by atoms with Crippen molar-refractivity contribution in [2.24, 2.45) is 0 Å². The molecule has 2 aromatic rings. The van der Waals surface area contributed by atoms with E-state index in [9.17, 15) is 18.0 Å². The lowest BCUT2D eigenvalue weighted by Gasteiger charge is -2.31. The van der Waals surface area contributed by atoms with Gasteiger partial charge in [0, 0.05) is 31.1 Å². The van der Waals surface area contributed by atoms with Gasteiger partial charge < -0.3 is 10.2 Å². The Morgan fingerprint density at radius 2 is 1.72 bits per heavy atom. The van der Waals surface area contributed by atoms with Crippen LogP contribution in [0.15, 0.2) is 42.5 Å². The van der Waals surface area contributed by atoms with Crippen molar-refractivity contribution in [1.82, 2.24) is 10.2 Å². The van der Waals surface area contributed by atoms with Gasteiger partial charge in [0.05, 0.1) is 11.9 Å². The fraction of sp³-hybridized carbons (Fsp3) is 0.481. The number of carbonyl (C=O) groups excluding carboxylic acids is 2. The SMILES string of the molecule is CCCNC(=O)[C@H](CC)N(Cc1ccc(Cl)cc1)C(=O)CCCN(c1cccc(C)c1C)S(C)(=O)=O. The number of sulfonamides is 1. The first-order chi connectivity index (χ1) is 17.0. The van der Waals surface area contributed by atoms with Gasteiger partial charge in [0.15, 0.2) is 0 Å². The van der Waals surface area contributed by atoms with E-state index in [-0.39, 0.29) is 31.3 Å². The zero-order valence-electron chi connectivity index (χ0n) is 21.9. The van der Waals surface area contributed by atoms with Gasteiger partial charge >= 0.3 is 0 Å². The molecule has 0 aromatic heterocycles. The predicted molar refractivity (Wildman–Crippen MR) is 147 cm³/mol. The largest absolute Gasteiger partial charge is 0.354 e. The minimum absolute atomic E-state index is 0.113. The number of benzene rings is 2. The van der Waals surface area contributed by atoms with Crippen LogP contribution in [0, 0.1) is 13.8 Å². The number of nitrogens with zero attached hydrogens (tertiary/aromatic N) is 2. The highest BCUT2D eigenvalue weighted by Crippen LogP contribution is 2.25. The van der Waals surface area contributed by atoms with Gasteiger partial charge in [0.2, 0.25) is 21.8 Å². The third-order valence-corrected chi connectivity index (χ3v) is 7.63. The molecule has 0 aliphatic rings. The molecule has 2 rings (SSSR count). The summed E-state index contributed by atoms with van der Waals surface area (Å²) in [6.07, 6.45) is 2.87. The van der Waals surface area contributed by atoms with Gasteiger partial charge in [-0.05, 0) is 68.0 Å². The molecule has 2 aromatic carbocycles. The van der Waals surface area contributed by atoms with Crippen LogP contribution in [0.5, 0.6) is 0 Å². The van der Waals surface area contributed by atoms with Gasteiger partial charge in [0.25, 0.3) is 0 Å². The molecular formula is C27H38ClN3O4S. The molecule has 1 atom stereocenters. The molecule has 9 heteroatoms. The van der Waals surface area contributed by atoms with E-state index in [1.165, 1.54) is 10.6 Å². The van der Waals surface area contributed by atoms with Crippen LogP contribution in [0.25, 0.3) is 0 Å². The molecule has 1 N–H and O–H groups in total. The Morgan fingerprint density at radius 1 is 1.06 bits per heavy atom. The highest BCUT2D eigenvalue weighted by molar-refractivity contribution is 7.92. The molecule has 0 aliphatic heterocycles. The summed E-state index contributed by atoms with van der Waals surface area (Å²) < 4.78 is 26.5. The topological polar surface area (TPSA) is 86.8 Å². The normalized spacial score (nSPS) is 12.2. The molecule has 198 valence electrons. The molecule has 2 amide bonds. The van der Waals surface area contributed by atoms with Crippen LogP contribution in [-0.4, -0.2) is 50.5 Å². The Morgan fingerprint density at radius 3 is 2.31 bits per heavy atom. The summed E-state index contributed by atoms with van der Waals surface area (Å²) in [5.41, 5.74) is 3.36. The molecule has 0 aliphatic carbocycles. The van der Waals surface area contributed by atoms with Crippen molar-refractivity contribution in [3.8, 4) is 0 Å². The first-order valence-electron chi connectivity index (χ1n) is 12.3. The number of hydrogen-bond acceptors (Lipinski definition) is 4. The molecule has 0 spiro atoms. The molecule has 36 heavy (non-hydrogen) atoms. The molecule has 0 fully saturated rings. The molecule has 0 radical (unpaired) electrons. The summed E-state index contributed by atoms with van der Waals surface area (Å²) >= 11 is 6.02. The van der Waals surface area contributed by atoms with Crippen molar-refractivity contribution in [2.75, 3.05) is 23.7 Å². The number of rotatable bonds is 13. The second-order valence-electron chi connectivity index (χ2n) is 9.02. The molecule has 7 nitrogen and oxygen atoms in total. The summed E-state index contributed by atoms with van der Waals surface area (Å²) in [4.78, 5) is 27.9. The average molecular weight is 536 g/mol. The predicted octanol–water partition coefficient (Wildman–Crippen LogP) is 4.84. The van der Waals surface area contributed by atoms with E-state index >= 15 is 0 Å². The van der Waals surface area contributed by atoms with E-state index in [1.807, 2.05) is 52.0 Å². The fourth-order valence-electron chi connectivity index (χ4n) is 4.06. The van der Waals surface area contributed by atoms with Gasteiger partial charge in [0.1, 0.15) is 6.04 Å². The first-order valence-corrected chi connectivity index (χ1v) is 14.6. The Labute approximate surface area is 220 Å². The molecule has 0 heterocycles. The highest BCUT2D eigenvalue weighted by atomic mass is 35.5. The van der Waals surface area contributed by atoms with Crippen LogP contribution in [0.4, 0.5) is 5.69 Å². The van der Waals surface area contributed by atoms with Gasteiger partial charge in [-0.3, -0.25) is 13.9 Å². The number of hydrogen-bond donors (Lipinski definition) is 1. The minimum atomic E-state index is -3.54. The van der Waals surface area contributed by atoms with E-state index in [2.05, 4.69) is 5.32 Å². The van der Waals surface area contributed by atoms with Crippen molar-refractivity contribution in [3.05, 3.63) is 64.2 Å². The van der Waals surface area contributed by atoms with E-state index in [0.717, 1.165) is 23.1 Å². The van der Waals surface area contributed by atoms with Gasteiger partial charge in [-0.15, -0.1) is 0 Å². The smallest absolute Gasteiger partial charge is 0.242 e. The van der Waals surface area contributed by atoms with Crippen molar-refractivity contribution in [2.45, 2.75) is 66.0 Å². The third kappa shape index (κ3) is 8.23. The Bertz CT molecular complexity index is 1140. The molecule has 0 saturated carbocycles. The number of halogens is 1. The van der Waals surface area contributed by atoms with Crippen LogP contribution in [0.3, 0.4) is 0 Å². The van der Waals surface area contributed by atoms with Crippen LogP contribution >= 0.6 is 11.6 Å². The minimum Gasteiger partial charge on any atom is -0.354 e. The lowest BCUT2D eigenvalue weighted by molar-refractivity contribution is -0.141. The lowest BCUT2D eigenvalue weighted by atomic mass is 10.1. The summed E-state index contributed by atoms with van der Waals surface area (Å²) in [6.45, 7) is 8.65. The van der Waals surface area contributed by atoms with Crippen molar-refractivity contribution >= 4 is 39.1 Å². The quantitative estimate of drug-likeness (QED) is 0.398. The van der Waals surface area contributed by atoms with E-state index in [4.69, 9.17) is 11.6 Å². The highest BCUT2D eigenvalue weighted by Gasteiger charge is 2.29. The van der Waals surface area contributed by atoms with Crippen LogP contribution in [-0.2, 0) is 26.2 Å². The zero-order chi connectivity index (χ0) is 26.9. The molecule has 0 bridgehead atoms.